The van der Waals surface area contributed by atoms with E-state index in [-0.39, 0.29) is 6.29 Å². The molecule has 1 aromatic carbocycles. The molecule has 3 aliphatic heterocycles. The van der Waals surface area contributed by atoms with E-state index in [1.807, 2.05) is 24.3 Å². The zero-order valence-electron chi connectivity index (χ0n) is 11.5. The van der Waals surface area contributed by atoms with Crippen molar-refractivity contribution in [3.8, 4) is 0 Å². The molecule has 2 unspecified atom stereocenters. The number of rotatable bonds is 2. The largest absolute Gasteiger partial charge is 0.385 e. The average Bonchev–Trinajstić information content (AvgIpc) is 3.09. The summed E-state index contributed by atoms with van der Waals surface area (Å²) >= 11 is 0. The van der Waals surface area contributed by atoms with Crippen molar-refractivity contribution in [2.24, 2.45) is 0 Å². The molecule has 3 aliphatic rings. The van der Waals surface area contributed by atoms with Gasteiger partial charge in [-0.05, 0) is 31.2 Å². The van der Waals surface area contributed by atoms with Crippen molar-refractivity contribution >= 4 is 0 Å². The van der Waals surface area contributed by atoms with Crippen molar-refractivity contribution in [1.82, 2.24) is 5.32 Å². The SMILES string of the molecule is OC1(c2ccc(C3OCCO3)cc2)CC2CCC(C1)N2. The first-order chi connectivity index (χ1) is 9.73. The Morgan fingerprint density at radius 1 is 1.00 bits per heavy atom. The van der Waals surface area contributed by atoms with Crippen LogP contribution in [0.2, 0.25) is 0 Å². The number of hydrogen-bond acceptors (Lipinski definition) is 4. The van der Waals surface area contributed by atoms with Crippen LogP contribution in [-0.4, -0.2) is 30.4 Å². The van der Waals surface area contributed by atoms with E-state index in [0.717, 1.165) is 24.0 Å². The lowest BCUT2D eigenvalue weighted by Crippen LogP contribution is -2.46. The predicted molar refractivity (Wildman–Crippen MR) is 74.2 cm³/mol. The molecule has 4 heteroatoms. The third-order valence-electron chi connectivity index (χ3n) is 4.85. The van der Waals surface area contributed by atoms with Crippen molar-refractivity contribution < 1.29 is 14.6 Å². The smallest absolute Gasteiger partial charge is 0.184 e. The van der Waals surface area contributed by atoms with Crippen LogP contribution in [0.3, 0.4) is 0 Å². The van der Waals surface area contributed by atoms with Crippen LogP contribution in [0.4, 0.5) is 0 Å². The zero-order valence-corrected chi connectivity index (χ0v) is 11.5. The first kappa shape index (κ1) is 12.8. The van der Waals surface area contributed by atoms with Gasteiger partial charge in [-0.15, -0.1) is 0 Å². The topological polar surface area (TPSA) is 50.7 Å². The van der Waals surface area contributed by atoms with E-state index >= 15 is 0 Å². The minimum Gasteiger partial charge on any atom is -0.385 e. The molecule has 3 heterocycles. The van der Waals surface area contributed by atoms with Crippen LogP contribution in [-0.2, 0) is 15.1 Å². The Morgan fingerprint density at radius 2 is 1.60 bits per heavy atom. The van der Waals surface area contributed by atoms with Crippen LogP contribution >= 0.6 is 0 Å². The molecule has 4 nitrogen and oxygen atoms in total. The maximum atomic E-state index is 11.0. The summed E-state index contributed by atoms with van der Waals surface area (Å²) in [4.78, 5) is 0. The van der Waals surface area contributed by atoms with Gasteiger partial charge in [0, 0.05) is 17.6 Å². The summed E-state index contributed by atoms with van der Waals surface area (Å²) in [5, 5.41) is 14.5. The quantitative estimate of drug-likeness (QED) is 0.864. The third kappa shape index (κ3) is 2.17. The molecular weight excluding hydrogens is 254 g/mol. The predicted octanol–water partition coefficient (Wildman–Crippen LogP) is 1.83. The molecule has 108 valence electrons. The fourth-order valence-electron chi connectivity index (χ4n) is 3.86. The number of fused-ring (bicyclic) bond motifs is 2. The molecule has 2 N–H and O–H groups in total. The fourth-order valence-corrected chi connectivity index (χ4v) is 3.86. The number of aliphatic hydroxyl groups is 1. The highest BCUT2D eigenvalue weighted by molar-refractivity contribution is 5.29. The van der Waals surface area contributed by atoms with Gasteiger partial charge >= 0.3 is 0 Å². The van der Waals surface area contributed by atoms with Gasteiger partial charge in [0.05, 0.1) is 18.8 Å². The monoisotopic (exact) mass is 275 g/mol. The number of hydrogen-bond donors (Lipinski definition) is 2. The van der Waals surface area contributed by atoms with Gasteiger partial charge in [0.2, 0.25) is 0 Å². The average molecular weight is 275 g/mol. The molecule has 3 fully saturated rings. The number of benzene rings is 1. The summed E-state index contributed by atoms with van der Waals surface area (Å²) in [6.07, 6.45) is 3.78. The maximum Gasteiger partial charge on any atom is 0.184 e. The van der Waals surface area contributed by atoms with Gasteiger partial charge in [0.15, 0.2) is 6.29 Å². The second kappa shape index (κ2) is 4.81. The van der Waals surface area contributed by atoms with E-state index in [2.05, 4.69) is 5.32 Å². The fraction of sp³-hybridized carbons (Fsp3) is 0.625. The minimum atomic E-state index is -0.674. The summed E-state index contributed by atoms with van der Waals surface area (Å²) in [5.74, 6) is 0. The number of nitrogens with one attached hydrogen (secondary N) is 1. The van der Waals surface area contributed by atoms with Crippen LogP contribution in [0.5, 0.6) is 0 Å². The van der Waals surface area contributed by atoms with Gasteiger partial charge in [0.25, 0.3) is 0 Å². The van der Waals surface area contributed by atoms with E-state index in [9.17, 15) is 5.11 Å². The normalized spacial score (nSPS) is 37.5. The van der Waals surface area contributed by atoms with Crippen molar-refractivity contribution in [3.63, 3.8) is 0 Å². The molecule has 4 rings (SSSR count). The number of piperidine rings is 1. The van der Waals surface area contributed by atoms with Crippen LogP contribution in [0, 0.1) is 0 Å². The minimum absolute atomic E-state index is 0.233. The Morgan fingerprint density at radius 3 is 2.20 bits per heavy atom. The summed E-state index contributed by atoms with van der Waals surface area (Å²) < 4.78 is 11.0. The van der Waals surface area contributed by atoms with Crippen LogP contribution in [0.15, 0.2) is 24.3 Å². The molecule has 2 bridgehead atoms. The summed E-state index contributed by atoms with van der Waals surface area (Å²) in [5.41, 5.74) is 1.39. The molecule has 0 aromatic heterocycles. The van der Waals surface area contributed by atoms with E-state index in [0.29, 0.717) is 25.3 Å². The van der Waals surface area contributed by atoms with E-state index in [1.54, 1.807) is 0 Å². The Kier molecular flexibility index (Phi) is 3.07. The highest BCUT2D eigenvalue weighted by Gasteiger charge is 2.43. The lowest BCUT2D eigenvalue weighted by Gasteiger charge is -2.37. The lowest BCUT2D eigenvalue weighted by atomic mass is 9.81. The van der Waals surface area contributed by atoms with E-state index in [4.69, 9.17) is 9.47 Å². The summed E-state index contributed by atoms with van der Waals surface area (Å²) in [7, 11) is 0. The van der Waals surface area contributed by atoms with Crippen molar-refractivity contribution in [3.05, 3.63) is 35.4 Å². The van der Waals surface area contributed by atoms with E-state index in [1.165, 1.54) is 12.8 Å². The first-order valence-electron chi connectivity index (χ1n) is 7.55. The number of ether oxygens (including phenoxy) is 2. The molecule has 0 radical (unpaired) electrons. The van der Waals surface area contributed by atoms with Gasteiger partial charge < -0.3 is 19.9 Å². The third-order valence-corrected chi connectivity index (χ3v) is 4.85. The second-order valence-corrected chi connectivity index (χ2v) is 6.27. The molecule has 0 spiro atoms. The lowest BCUT2D eigenvalue weighted by molar-refractivity contribution is -0.0443. The van der Waals surface area contributed by atoms with Crippen molar-refractivity contribution in [1.29, 1.82) is 0 Å². The van der Waals surface area contributed by atoms with E-state index < -0.39 is 5.60 Å². The highest BCUT2D eigenvalue weighted by atomic mass is 16.7. The molecule has 1 aromatic rings. The molecule has 2 atom stereocenters. The standard InChI is InChI=1S/C16H21NO3/c18-16(9-13-5-6-14(10-16)17-13)12-3-1-11(2-4-12)15-19-7-8-20-15/h1-4,13-15,17-18H,5-10H2. The molecule has 20 heavy (non-hydrogen) atoms. The van der Waals surface area contributed by atoms with Crippen LogP contribution in [0.1, 0.15) is 43.1 Å². The molecule has 0 saturated carbocycles. The van der Waals surface area contributed by atoms with Gasteiger partial charge in [-0.1, -0.05) is 24.3 Å². The van der Waals surface area contributed by atoms with Crippen molar-refractivity contribution in [2.75, 3.05) is 13.2 Å². The zero-order chi connectivity index (χ0) is 13.6. The highest BCUT2D eigenvalue weighted by Crippen LogP contribution is 2.41. The maximum absolute atomic E-state index is 11.0. The molecule has 0 aliphatic carbocycles. The second-order valence-electron chi connectivity index (χ2n) is 6.27. The van der Waals surface area contributed by atoms with Gasteiger partial charge in [-0.25, -0.2) is 0 Å². The first-order valence-corrected chi connectivity index (χ1v) is 7.55. The van der Waals surface area contributed by atoms with Crippen LogP contribution < -0.4 is 5.32 Å². The summed E-state index contributed by atoms with van der Waals surface area (Å²) in [6, 6.07) is 9.05. The molecule has 0 amide bonds. The van der Waals surface area contributed by atoms with Crippen LogP contribution in [0.25, 0.3) is 0 Å². The van der Waals surface area contributed by atoms with Gasteiger partial charge in [0.1, 0.15) is 0 Å². The van der Waals surface area contributed by atoms with Gasteiger partial charge in [-0.3, -0.25) is 0 Å². The molecule has 3 saturated heterocycles. The Bertz CT molecular complexity index is 469. The van der Waals surface area contributed by atoms with Gasteiger partial charge in [-0.2, -0.15) is 0 Å². The van der Waals surface area contributed by atoms with Crippen molar-refractivity contribution in [2.45, 2.75) is 49.7 Å². The summed E-state index contributed by atoms with van der Waals surface area (Å²) in [6.45, 7) is 1.32. The Hall–Kier alpha value is -0.940. The Labute approximate surface area is 119 Å². The Balaban J connectivity index is 1.55. The molecular formula is C16H21NO3.